The minimum absolute atomic E-state index is 0.00575. The molecule has 2 aromatic rings. The van der Waals surface area contributed by atoms with Crippen molar-refractivity contribution in [2.45, 2.75) is 19.6 Å². The summed E-state index contributed by atoms with van der Waals surface area (Å²) in [5, 5.41) is 3.33. The second kappa shape index (κ2) is 8.53. The molecule has 0 saturated carbocycles. The van der Waals surface area contributed by atoms with E-state index in [1.807, 2.05) is 59.5 Å². The van der Waals surface area contributed by atoms with E-state index in [2.05, 4.69) is 12.2 Å². The molecule has 0 aliphatic carbocycles. The number of carbonyl (C=O) groups is 1. The van der Waals surface area contributed by atoms with Crippen LogP contribution in [0.15, 0.2) is 54.6 Å². The molecule has 0 spiro atoms. The second-order valence-corrected chi connectivity index (χ2v) is 6.20. The van der Waals surface area contributed by atoms with E-state index in [1.165, 1.54) is 0 Å². The lowest BCUT2D eigenvalue weighted by molar-refractivity contribution is -0.134. The van der Waals surface area contributed by atoms with Crippen LogP contribution in [0.25, 0.3) is 0 Å². The van der Waals surface area contributed by atoms with Gasteiger partial charge in [-0.1, -0.05) is 42.5 Å². The minimum atomic E-state index is 0.00575. The average Bonchev–Trinajstić information content (AvgIpc) is 2.66. The van der Waals surface area contributed by atoms with Gasteiger partial charge in [0, 0.05) is 25.7 Å². The molecular weight excluding hydrogens is 316 g/mol. The maximum Gasteiger partial charge on any atom is 0.260 e. The summed E-state index contributed by atoms with van der Waals surface area (Å²) in [7, 11) is 0. The fourth-order valence-corrected chi connectivity index (χ4v) is 2.81. The van der Waals surface area contributed by atoms with Crippen molar-refractivity contribution in [3.05, 3.63) is 60.2 Å². The van der Waals surface area contributed by atoms with E-state index in [-0.39, 0.29) is 12.5 Å². The summed E-state index contributed by atoms with van der Waals surface area (Å²) in [5.41, 5.74) is 1.09. The maximum atomic E-state index is 12.3. The van der Waals surface area contributed by atoms with Gasteiger partial charge < -0.3 is 19.7 Å². The summed E-state index contributed by atoms with van der Waals surface area (Å²) < 4.78 is 11.6. The third-order valence-electron chi connectivity index (χ3n) is 4.16. The zero-order valence-corrected chi connectivity index (χ0v) is 14.5. The Morgan fingerprint density at radius 2 is 1.76 bits per heavy atom. The van der Waals surface area contributed by atoms with Crippen molar-refractivity contribution in [2.75, 3.05) is 26.2 Å². The molecule has 2 aromatic carbocycles. The standard InChI is InChI=1S/C20H24N2O3/c1-16-13-22(12-11-21-16)20(23)15-25-19-10-6-5-9-18(19)24-14-17-7-3-2-4-8-17/h2-10,16,21H,11-15H2,1H3. The quantitative estimate of drug-likeness (QED) is 0.878. The van der Waals surface area contributed by atoms with Gasteiger partial charge in [-0.05, 0) is 24.6 Å². The third kappa shape index (κ3) is 4.97. The monoisotopic (exact) mass is 340 g/mol. The van der Waals surface area contributed by atoms with Crippen LogP contribution in [0.3, 0.4) is 0 Å². The molecule has 0 aromatic heterocycles. The van der Waals surface area contributed by atoms with E-state index in [9.17, 15) is 4.79 Å². The summed E-state index contributed by atoms with van der Waals surface area (Å²) >= 11 is 0. The molecule has 1 saturated heterocycles. The van der Waals surface area contributed by atoms with Crippen LogP contribution in [0.1, 0.15) is 12.5 Å². The summed E-state index contributed by atoms with van der Waals surface area (Å²) in [6.07, 6.45) is 0. The highest BCUT2D eigenvalue weighted by molar-refractivity contribution is 5.78. The Bertz CT molecular complexity index is 690. The first-order valence-corrected chi connectivity index (χ1v) is 8.62. The Hall–Kier alpha value is -2.53. The van der Waals surface area contributed by atoms with Gasteiger partial charge in [-0.25, -0.2) is 0 Å². The third-order valence-corrected chi connectivity index (χ3v) is 4.16. The topological polar surface area (TPSA) is 50.8 Å². The molecule has 5 heteroatoms. The largest absolute Gasteiger partial charge is 0.485 e. The van der Waals surface area contributed by atoms with Crippen LogP contribution in [0, 0.1) is 0 Å². The van der Waals surface area contributed by atoms with Crippen LogP contribution in [-0.2, 0) is 11.4 Å². The van der Waals surface area contributed by atoms with Crippen molar-refractivity contribution in [1.29, 1.82) is 0 Å². The van der Waals surface area contributed by atoms with E-state index < -0.39 is 0 Å². The van der Waals surface area contributed by atoms with Gasteiger partial charge in [0.05, 0.1) is 0 Å². The van der Waals surface area contributed by atoms with Crippen molar-refractivity contribution in [3.63, 3.8) is 0 Å². The predicted octanol–water partition coefficient (Wildman–Crippen LogP) is 2.46. The first-order valence-electron chi connectivity index (χ1n) is 8.62. The normalized spacial score (nSPS) is 17.2. The zero-order valence-electron chi connectivity index (χ0n) is 14.5. The van der Waals surface area contributed by atoms with Gasteiger partial charge in [-0.3, -0.25) is 4.79 Å². The predicted molar refractivity (Wildman–Crippen MR) is 96.8 cm³/mol. The molecule has 5 nitrogen and oxygen atoms in total. The fraction of sp³-hybridized carbons (Fsp3) is 0.350. The van der Waals surface area contributed by atoms with E-state index in [0.717, 1.165) is 18.7 Å². The molecule has 1 fully saturated rings. The molecule has 1 unspecified atom stereocenters. The molecule has 0 radical (unpaired) electrons. The van der Waals surface area contributed by atoms with Crippen LogP contribution >= 0.6 is 0 Å². The van der Waals surface area contributed by atoms with Crippen LogP contribution in [-0.4, -0.2) is 43.1 Å². The number of para-hydroxylation sites is 2. The fourth-order valence-electron chi connectivity index (χ4n) is 2.81. The summed E-state index contributed by atoms with van der Waals surface area (Å²) in [6.45, 7) is 4.83. The van der Waals surface area contributed by atoms with Crippen LogP contribution in [0.2, 0.25) is 0 Å². The second-order valence-electron chi connectivity index (χ2n) is 6.20. The number of hydrogen-bond donors (Lipinski definition) is 1. The van der Waals surface area contributed by atoms with Crippen molar-refractivity contribution >= 4 is 5.91 Å². The summed E-state index contributed by atoms with van der Waals surface area (Å²) in [4.78, 5) is 14.2. The van der Waals surface area contributed by atoms with Crippen molar-refractivity contribution in [3.8, 4) is 11.5 Å². The smallest absolute Gasteiger partial charge is 0.260 e. The number of piperazine rings is 1. The molecule has 132 valence electrons. The van der Waals surface area contributed by atoms with E-state index in [0.29, 0.717) is 30.7 Å². The highest BCUT2D eigenvalue weighted by Gasteiger charge is 2.21. The van der Waals surface area contributed by atoms with Gasteiger partial charge in [0.15, 0.2) is 18.1 Å². The lowest BCUT2D eigenvalue weighted by Crippen LogP contribution is -2.52. The van der Waals surface area contributed by atoms with Gasteiger partial charge in [-0.2, -0.15) is 0 Å². The number of rotatable bonds is 6. The van der Waals surface area contributed by atoms with Crippen LogP contribution in [0.5, 0.6) is 11.5 Å². The highest BCUT2D eigenvalue weighted by atomic mass is 16.5. The highest BCUT2D eigenvalue weighted by Crippen LogP contribution is 2.27. The van der Waals surface area contributed by atoms with Crippen molar-refractivity contribution in [2.24, 2.45) is 0 Å². The Morgan fingerprint density at radius 3 is 2.48 bits per heavy atom. The lowest BCUT2D eigenvalue weighted by Gasteiger charge is -2.31. The number of ether oxygens (including phenoxy) is 2. The number of nitrogens with one attached hydrogen (secondary N) is 1. The number of nitrogens with zero attached hydrogens (tertiary/aromatic N) is 1. The van der Waals surface area contributed by atoms with Gasteiger partial charge in [0.25, 0.3) is 5.91 Å². The summed E-state index contributed by atoms with van der Waals surface area (Å²) in [6, 6.07) is 17.7. The Kier molecular flexibility index (Phi) is 5.90. The molecule has 1 amide bonds. The molecule has 1 aliphatic heterocycles. The van der Waals surface area contributed by atoms with Gasteiger partial charge in [0.1, 0.15) is 6.61 Å². The molecule has 25 heavy (non-hydrogen) atoms. The molecule has 1 aliphatic rings. The number of amides is 1. The minimum Gasteiger partial charge on any atom is -0.485 e. The SMILES string of the molecule is CC1CN(C(=O)COc2ccccc2OCc2ccccc2)CCN1. The Labute approximate surface area is 148 Å². The summed E-state index contributed by atoms with van der Waals surface area (Å²) in [5.74, 6) is 1.24. The van der Waals surface area contributed by atoms with Gasteiger partial charge in [-0.15, -0.1) is 0 Å². The van der Waals surface area contributed by atoms with E-state index >= 15 is 0 Å². The van der Waals surface area contributed by atoms with Gasteiger partial charge in [0.2, 0.25) is 0 Å². The van der Waals surface area contributed by atoms with Crippen LogP contribution < -0.4 is 14.8 Å². The zero-order chi connectivity index (χ0) is 17.5. The van der Waals surface area contributed by atoms with Crippen LogP contribution in [0.4, 0.5) is 0 Å². The first kappa shape index (κ1) is 17.3. The first-order chi connectivity index (χ1) is 12.2. The number of carbonyl (C=O) groups excluding carboxylic acids is 1. The molecular formula is C20H24N2O3. The number of benzene rings is 2. The molecule has 1 atom stereocenters. The average molecular weight is 340 g/mol. The molecule has 3 rings (SSSR count). The number of hydrogen-bond acceptors (Lipinski definition) is 4. The molecule has 1 N–H and O–H groups in total. The van der Waals surface area contributed by atoms with Gasteiger partial charge >= 0.3 is 0 Å². The Balaban J connectivity index is 1.56. The Morgan fingerprint density at radius 1 is 1.08 bits per heavy atom. The molecule has 1 heterocycles. The van der Waals surface area contributed by atoms with E-state index in [1.54, 1.807) is 0 Å². The van der Waals surface area contributed by atoms with Crippen molar-refractivity contribution in [1.82, 2.24) is 10.2 Å². The maximum absolute atomic E-state index is 12.3. The molecule has 0 bridgehead atoms. The lowest BCUT2D eigenvalue weighted by atomic mass is 10.2. The van der Waals surface area contributed by atoms with E-state index in [4.69, 9.17) is 9.47 Å². The van der Waals surface area contributed by atoms with Crippen molar-refractivity contribution < 1.29 is 14.3 Å².